The fraction of sp³-hybridized carbons (Fsp3) is 0.174. The highest BCUT2D eigenvalue weighted by atomic mass is 32.1. The maximum absolute atomic E-state index is 12.4. The maximum Gasteiger partial charge on any atom is 0.251 e. The Labute approximate surface area is 198 Å². The zero-order valence-electron chi connectivity index (χ0n) is 18.4. The van der Waals surface area contributed by atoms with Gasteiger partial charge in [0.1, 0.15) is 6.61 Å². The molecular formula is C23H20N6O4S. The lowest BCUT2D eigenvalue weighted by Crippen LogP contribution is -2.28. The minimum atomic E-state index is -0.170. The average molecular weight is 477 g/mol. The van der Waals surface area contributed by atoms with Crippen LogP contribution in [0.4, 0.5) is 0 Å². The number of amides is 1. The first kappa shape index (κ1) is 21.6. The van der Waals surface area contributed by atoms with Crippen molar-refractivity contribution in [3.63, 3.8) is 0 Å². The number of carbonyl (C=O) groups is 1. The van der Waals surface area contributed by atoms with Gasteiger partial charge in [0.05, 0.1) is 36.5 Å². The SMILES string of the molecule is COc1ccc(-c2nnc3ccc(OCCNC(=O)c4ccc5ncsc5c4)nn23)cc1OC. The van der Waals surface area contributed by atoms with Gasteiger partial charge in [-0.1, -0.05) is 0 Å². The first-order chi connectivity index (χ1) is 16.7. The number of methoxy groups -OCH3 is 2. The van der Waals surface area contributed by atoms with Crippen LogP contribution in [-0.2, 0) is 0 Å². The predicted molar refractivity (Wildman–Crippen MR) is 127 cm³/mol. The van der Waals surface area contributed by atoms with Crippen molar-refractivity contribution >= 4 is 33.1 Å². The third kappa shape index (κ3) is 4.20. The molecule has 0 fully saturated rings. The smallest absolute Gasteiger partial charge is 0.251 e. The van der Waals surface area contributed by atoms with E-state index in [1.807, 2.05) is 24.3 Å². The van der Waals surface area contributed by atoms with Gasteiger partial charge in [0.15, 0.2) is 23.0 Å². The molecule has 0 spiro atoms. The van der Waals surface area contributed by atoms with Gasteiger partial charge in [-0.15, -0.1) is 26.6 Å². The Morgan fingerprint density at radius 1 is 1.03 bits per heavy atom. The van der Waals surface area contributed by atoms with E-state index in [2.05, 4.69) is 25.6 Å². The minimum Gasteiger partial charge on any atom is -0.493 e. The van der Waals surface area contributed by atoms with Crippen LogP contribution in [0.25, 0.3) is 27.3 Å². The molecule has 3 aromatic heterocycles. The monoisotopic (exact) mass is 476 g/mol. The number of fused-ring (bicyclic) bond motifs is 2. The highest BCUT2D eigenvalue weighted by Crippen LogP contribution is 2.31. The van der Waals surface area contributed by atoms with Crippen LogP contribution < -0.4 is 19.5 Å². The first-order valence-corrected chi connectivity index (χ1v) is 11.2. The molecule has 0 aliphatic heterocycles. The quantitative estimate of drug-likeness (QED) is 0.340. The maximum atomic E-state index is 12.4. The number of rotatable bonds is 8. The Morgan fingerprint density at radius 2 is 1.91 bits per heavy atom. The molecule has 172 valence electrons. The van der Waals surface area contributed by atoms with Gasteiger partial charge in [-0.05, 0) is 42.5 Å². The minimum absolute atomic E-state index is 0.170. The van der Waals surface area contributed by atoms with Gasteiger partial charge in [0.2, 0.25) is 5.88 Å². The summed E-state index contributed by atoms with van der Waals surface area (Å²) in [5.41, 5.74) is 4.56. The van der Waals surface area contributed by atoms with E-state index in [0.717, 1.165) is 15.8 Å². The van der Waals surface area contributed by atoms with Crippen LogP contribution in [0, 0.1) is 0 Å². The first-order valence-electron chi connectivity index (χ1n) is 10.4. The number of nitrogens with one attached hydrogen (secondary N) is 1. The Morgan fingerprint density at radius 3 is 2.76 bits per heavy atom. The van der Waals surface area contributed by atoms with Gasteiger partial charge in [0.25, 0.3) is 5.91 Å². The second kappa shape index (κ2) is 9.32. The molecule has 1 N–H and O–H groups in total. The molecular weight excluding hydrogens is 456 g/mol. The number of benzene rings is 2. The third-order valence-electron chi connectivity index (χ3n) is 5.11. The van der Waals surface area contributed by atoms with Crippen LogP contribution in [0.5, 0.6) is 17.4 Å². The van der Waals surface area contributed by atoms with Crippen molar-refractivity contribution in [3.05, 3.63) is 59.6 Å². The molecule has 0 aliphatic rings. The summed E-state index contributed by atoms with van der Waals surface area (Å²) in [5.74, 6) is 1.94. The van der Waals surface area contributed by atoms with E-state index in [1.165, 1.54) is 11.3 Å². The molecule has 0 atom stereocenters. The number of ether oxygens (including phenoxy) is 3. The zero-order valence-corrected chi connectivity index (χ0v) is 19.2. The molecule has 5 aromatic rings. The van der Waals surface area contributed by atoms with Crippen molar-refractivity contribution in [3.8, 4) is 28.8 Å². The van der Waals surface area contributed by atoms with E-state index in [9.17, 15) is 4.79 Å². The summed E-state index contributed by atoms with van der Waals surface area (Å²) < 4.78 is 19.0. The fourth-order valence-corrected chi connectivity index (χ4v) is 4.14. The highest BCUT2D eigenvalue weighted by molar-refractivity contribution is 7.16. The number of carbonyl (C=O) groups excluding carboxylic acids is 1. The van der Waals surface area contributed by atoms with Gasteiger partial charge < -0.3 is 19.5 Å². The Hall–Kier alpha value is -4.25. The summed E-state index contributed by atoms with van der Waals surface area (Å²) in [5, 5.41) is 15.8. The molecule has 1 amide bonds. The van der Waals surface area contributed by atoms with Crippen LogP contribution in [0.15, 0.2) is 54.0 Å². The zero-order chi connectivity index (χ0) is 23.5. The predicted octanol–water partition coefficient (Wildman–Crippen LogP) is 3.23. The summed E-state index contributed by atoms with van der Waals surface area (Å²) in [4.78, 5) is 16.6. The van der Waals surface area contributed by atoms with Crippen molar-refractivity contribution < 1.29 is 19.0 Å². The lowest BCUT2D eigenvalue weighted by atomic mass is 10.2. The van der Waals surface area contributed by atoms with Crippen molar-refractivity contribution in [2.45, 2.75) is 0 Å². The van der Waals surface area contributed by atoms with E-state index in [-0.39, 0.29) is 12.5 Å². The van der Waals surface area contributed by atoms with Crippen LogP contribution >= 0.6 is 11.3 Å². The number of nitrogens with zero attached hydrogens (tertiary/aromatic N) is 5. The summed E-state index contributed by atoms with van der Waals surface area (Å²) >= 11 is 1.50. The second-order valence-corrected chi connectivity index (χ2v) is 8.06. The van der Waals surface area contributed by atoms with Gasteiger partial charge in [-0.2, -0.15) is 4.52 Å². The normalized spacial score (nSPS) is 11.0. The van der Waals surface area contributed by atoms with E-state index in [4.69, 9.17) is 14.2 Å². The van der Waals surface area contributed by atoms with Gasteiger partial charge in [-0.25, -0.2) is 4.98 Å². The van der Waals surface area contributed by atoms with Crippen molar-refractivity contribution in [1.82, 2.24) is 30.1 Å². The highest BCUT2D eigenvalue weighted by Gasteiger charge is 2.14. The molecule has 0 saturated carbocycles. The van der Waals surface area contributed by atoms with Crippen LogP contribution in [0.2, 0.25) is 0 Å². The molecule has 34 heavy (non-hydrogen) atoms. The summed E-state index contributed by atoms with van der Waals surface area (Å²) in [7, 11) is 3.15. The fourth-order valence-electron chi connectivity index (χ4n) is 3.42. The average Bonchev–Trinajstić information content (AvgIpc) is 3.52. The van der Waals surface area contributed by atoms with Crippen LogP contribution in [0.3, 0.4) is 0 Å². The van der Waals surface area contributed by atoms with E-state index < -0.39 is 0 Å². The Balaban J connectivity index is 1.25. The molecule has 11 heteroatoms. The van der Waals surface area contributed by atoms with E-state index in [1.54, 1.807) is 48.5 Å². The molecule has 0 unspecified atom stereocenters. The lowest BCUT2D eigenvalue weighted by molar-refractivity contribution is 0.0946. The summed E-state index contributed by atoms with van der Waals surface area (Å²) in [6, 6.07) is 14.4. The van der Waals surface area contributed by atoms with E-state index >= 15 is 0 Å². The summed E-state index contributed by atoms with van der Waals surface area (Å²) in [6.45, 7) is 0.574. The Bertz CT molecular complexity index is 1480. The Kier molecular flexibility index (Phi) is 5.91. The molecule has 0 radical (unpaired) electrons. The molecule has 0 saturated heterocycles. The summed E-state index contributed by atoms with van der Waals surface area (Å²) in [6.07, 6.45) is 0. The van der Waals surface area contributed by atoms with E-state index in [0.29, 0.717) is 41.0 Å². The molecule has 0 aliphatic carbocycles. The van der Waals surface area contributed by atoms with Crippen molar-refractivity contribution in [1.29, 1.82) is 0 Å². The third-order valence-corrected chi connectivity index (χ3v) is 5.90. The molecule has 0 bridgehead atoms. The number of hydrogen-bond acceptors (Lipinski definition) is 9. The van der Waals surface area contributed by atoms with Gasteiger partial charge >= 0.3 is 0 Å². The number of thiazole rings is 1. The standard InChI is InChI=1S/C23H20N6O4S/c1-31-17-6-4-14(11-18(17)32-2)22-27-26-20-7-8-21(28-29(20)22)33-10-9-24-23(30)15-3-5-16-19(12-15)34-13-25-16/h3-8,11-13H,9-10H2,1-2H3,(H,24,30). The van der Waals surface area contributed by atoms with Crippen molar-refractivity contribution in [2.24, 2.45) is 0 Å². The van der Waals surface area contributed by atoms with Crippen LogP contribution in [0.1, 0.15) is 10.4 Å². The van der Waals surface area contributed by atoms with Gasteiger partial charge in [0, 0.05) is 17.2 Å². The molecule has 2 aromatic carbocycles. The molecule has 3 heterocycles. The van der Waals surface area contributed by atoms with Gasteiger partial charge in [-0.3, -0.25) is 4.79 Å². The number of hydrogen-bond donors (Lipinski definition) is 1. The molecule has 5 rings (SSSR count). The topological polar surface area (TPSA) is 113 Å². The van der Waals surface area contributed by atoms with Crippen LogP contribution in [-0.4, -0.2) is 58.1 Å². The lowest BCUT2D eigenvalue weighted by Gasteiger charge is -2.09. The molecule has 10 nitrogen and oxygen atoms in total. The second-order valence-electron chi connectivity index (χ2n) is 7.17. The van der Waals surface area contributed by atoms with Crippen molar-refractivity contribution in [2.75, 3.05) is 27.4 Å². The largest absolute Gasteiger partial charge is 0.493 e. The number of aromatic nitrogens is 5.